The van der Waals surface area contributed by atoms with E-state index in [1.54, 1.807) is 17.4 Å². The minimum atomic E-state index is -0.0871. The molecule has 0 amide bonds. The Morgan fingerprint density at radius 1 is 1.62 bits per heavy atom. The average Bonchev–Trinajstić information content (AvgIpc) is 2.41. The van der Waals surface area contributed by atoms with Crippen LogP contribution < -0.4 is 0 Å². The molecular weight excluding hydrogens is 339 g/mol. The summed E-state index contributed by atoms with van der Waals surface area (Å²) in [6, 6.07) is 1.94. The van der Waals surface area contributed by atoms with Gasteiger partial charge in [0.1, 0.15) is 0 Å². The highest BCUT2D eigenvalue weighted by Gasteiger charge is 2.01. The molecule has 0 N–H and O–H groups in total. The van der Waals surface area contributed by atoms with Crippen LogP contribution in [0.2, 0.25) is 0 Å². The molecule has 0 unspecified atom stereocenters. The van der Waals surface area contributed by atoms with Crippen molar-refractivity contribution in [2.45, 2.75) is 0 Å². The van der Waals surface area contributed by atoms with Gasteiger partial charge >= 0.3 is 0 Å². The first-order valence-electron chi connectivity index (χ1n) is 3.35. The van der Waals surface area contributed by atoms with Crippen molar-refractivity contribution in [3.05, 3.63) is 25.3 Å². The third-order valence-corrected chi connectivity index (χ3v) is 3.91. The second-order valence-electron chi connectivity index (χ2n) is 2.21. The minimum absolute atomic E-state index is 0.0272. The van der Waals surface area contributed by atoms with Crippen LogP contribution >= 0.6 is 54.8 Å². The highest BCUT2D eigenvalue weighted by atomic mass is 79.9. The number of carbonyl (C=O) groups is 1. The molecular formula is C8H5Br2ClOS. The van der Waals surface area contributed by atoms with Crippen LogP contribution in [-0.4, -0.2) is 11.7 Å². The Labute approximate surface area is 102 Å². The van der Waals surface area contributed by atoms with Gasteiger partial charge < -0.3 is 0 Å². The van der Waals surface area contributed by atoms with Crippen molar-refractivity contribution in [3.8, 4) is 0 Å². The van der Waals surface area contributed by atoms with E-state index in [2.05, 4.69) is 31.9 Å². The fraction of sp³-hybridized carbons (Fsp3) is 0.125. The lowest BCUT2D eigenvalue weighted by atomic mass is 10.3. The van der Waals surface area contributed by atoms with Crippen LogP contribution in [0.3, 0.4) is 0 Å². The summed E-state index contributed by atoms with van der Waals surface area (Å²) in [6.45, 7) is 0. The van der Waals surface area contributed by atoms with Gasteiger partial charge in [0, 0.05) is 5.56 Å². The summed E-state index contributed by atoms with van der Waals surface area (Å²) in [4.78, 5) is 10.9. The first-order valence-corrected chi connectivity index (χ1v) is 6.29. The lowest BCUT2D eigenvalue weighted by molar-refractivity contribution is -0.112. The van der Waals surface area contributed by atoms with Crippen LogP contribution in [0.1, 0.15) is 5.56 Å². The number of rotatable bonds is 3. The lowest BCUT2D eigenvalue weighted by Crippen LogP contribution is -1.91. The summed E-state index contributed by atoms with van der Waals surface area (Å²) < 4.78 is 2.02. The van der Waals surface area contributed by atoms with Crippen LogP contribution in [0, 0.1) is 0 Å². The summed E-state index contributed by atoms with van der Waals surface area (Å²) in [5.41, 5.74) is 0.982. The first kappa shape index (κ1) is 11.4. The number of alkyl halides is 1. The molecule has 0 radical (unpaired) electrons. The van der Waals surface area contributed by atoms with Gasteiger partial charge in [-0.05, 0) is 50.1 Å². The largest absolute Gasteiger partial charge is 0.294 e. The molecule has 1 aromatic heterocycles. The third kappa shape index (κ3) is 3.54. The van der Waals surface area contributed by atoms with Crippen LogP contribution in [0.15, 0.2) is 19.7 Å². The van der Waals surface area contributed by atoms with Gasteiger partial charge in [-0.1, -0.05) is 0 Å². The van der Waals surface area contributed by atoms with Crippen molar-refractivity contribution >= 4 is 66.7 Å². The van der Waals surface area contributed by atoms with Gasteiger partial charge in [-0.15, -0.1) is 22.9 Å². The molecule has 1 aromatic rings. The molecule has 0 aliphatic heterocycles. The first-order chi connectivity index (χ1) is 6.13. The van der Waals surface area contributed by atoms with Gasteiger partial charge in [0.15, 0.2) is 5.78 Å². The van der Waals surface area contributed by atoms with Crippen molar-refractivity contribution in [1.29, 1.82) is 0 Å². The number of hydrogen-bond donors (Lipinski definition) is 0. The zero-order valence-electron chi connectivity index (χ0n) is 6.39. The Morgan fingerprint density at radius 2 is 2.31 bits per heavy atom. The zero-order valence-corrected chi connectivity index (χ0v) is 11.1. The van der Waals surface area contributed by atoms with Crippen molar-refractivity contribution in [2.24, 2.45) is 0 Å². The molecule has 0 saturated carbocycles. The molecule has 70 valence electrons. The van der Waals surface area contributed by atoms with Crippen LogP contribution in [-0.2, 0) is 4.79 Å². The third-order valence-electron chi connectivity index (χ3n) is 1.26. The van der Waals surface area contributed by atoms with Gasteiger partial charge in [-0.25, -0.2) is 0 Å². The molecule has 1 nitrogen and oxygen atoms in total. The van der Waals surface area contributed by atoms with Gasteiger partial charge in [0.2, 0.25) is 0 Å². The molecule has 0 spiro atoms. The SMILES string of the molecule is O=C(C=Cc1cc(Br)sc1Br)CCl. The number of thiophene rings is 1. The molecule has 0 aliphatic rings. The standard InChI is InChI=1S/C8H5Br2ClOS/c9-7-3-5(8(10)13-7)1-2-6(12)4-11/h1-3H,4H2. The summed E-state index contributed by atoms with van der Waals surface area (Å²) in [7, 11) is 0. The smallest absolute Gasteiger partial charge is 0.170 e. The number of carbonyl (C=O) groups excluding carboxylic acids is 1. The lowest BCUT2D eigenvalue weighted by Gasteiger charge is -1.86. The van der Waals surface area contributed by atoms with E-state index < -0.39 is 0 Å². The molecule has 1 heterocycles. The monoisotopic (exact) mass is 342 g/mol. The van der Waals surface area contributed by atoms with Gasteiger partial charge in [-0.2, -0.15) is 0 Å². The summed E-state index contributed by atoms with van der Waals surface area (Å²) >= 11 is 13.6. The topological polar surface area (TPSA) is 17.1 Å². The highest BCUT2D eigenvalue weighted by molar-refractivity contribution is 9.12. The van der Waals surface area contributed by atoms with Gasteiger partial charge in [0.05, 0.1) is 13.5 Å². The average molecular weight is 344 g/mol. The van der Waals surface area contributed by atoms with E-state index in [0.29, 0.717) is 0 Å². The molecule has 1 rings (SSSR count). The number of hydrogen-bond acceptors (Lipinski definition) is 2. The molecule has 13 heavy (non-hydrogen) atoms. The van der Waals surface area contributed by atoms with Gasteiger partial charge in [-0.3, -0.25) is 4.79 Å². The van der Waals surface area contributed by atoms with E-state index in [1.807, 2.05) is 6.07 Å². The molecule has 5 heteroatoms. The van der Waals surface area contributed by atoms with Crippen molar-refractivity contribution in [2.75, 3.05) is 5.88 Å². The van der Waals surface area contributed by atoms with Crippen LogP contribution in [0.5, 0.6) is 0 Å². The maximum Gasteiger partial charge on any atom is 0.170 e. The van der Waals surface area contributed by atoms with Crippen molar-refractivity contribution in [3.63, 3.8) is 0 Å². The summed E-state index contributed by atoms with van der Waals surface area (Å²) in [5, 5.41) is 0. The molecule has 0 bridgehead atoms. The van der Waals surface area contributed by atoms with E-state index in [-0.39, 0.29) is 11.7 Å². The fourth-order valence-corrected chi connectivity index (χ4v) is 3.54. The molecule has 0 atom stereocenters. The Balaban J connectivity index is 2.79. The van der Waals surface area contributed by atoms with E-state index >= 15 is 0 Å². The van der Waals surface area contributed by atoms with Crippen LogP contribution in [0.25, 0.3) is 6.08 Å². The Kier molecular flexibility index (Phi) is 4.66. The molecule has 0 saturated heterocycles. The van der Waals surface area contributed by atoms with E-state index in [9.17, 15) is 4.79 Å². The Bertz CT molecular complexity index is 346. The van der Waals surface area contributed by atoms with E-state index in [1.165, 1.54) is 6.08 Å². The fourth-order valence-electron chi connectivity index (χ4n) is 0.694. The zero-order chi connectivity index (χ0) is 9.84. The molecule has 0 aliphatic carbocycles. The van der Waals surface area contributed by atoms with E-state index in [0.717, 1.165) is 13.1 Å². The second kappa shape index (κ2) is 5.29. The normalized spacial score (nSPS) is 11.0. The van der Waals surface area contributed by atoms with E-state index in [4.69, 9.17) is 11.6 Å². The minimum Gasteiger partial charge on any atom is -0.294 e. The number of allylic oxidation sites excluding steroid dienone is 1. The quantitative estimate of drug-likeness (QED) is 0.596. The summed E-state index contributed by atoms with van der Waals surface area (Å²) in [6.07, 6.45) is 3.22. The highest BCUT2D eigenvalue weighted by Crippen LogP contribution is 2.32. The predicted octanol–water partition coefficient (Wildman–Crippen LogP) is 4.09. The maximum absolute atomic E-state index is 10.9. The second-order valence-corrected chi connectivity index (χ2v) is 6.23. The van der Waals surface area contributed by atoms with Crippen molar-refractivity contribution in [1.82, 2.24) is 0 Å². The Morgan fingerprint density at radius 3 is 2.77 bits per heavy atom. The Hall–Kier alpha value is 0.360. The van der Waals surface area contributed by atoms with Crippen LogP contribution in [0.4, 0.5) is 0 Å². The number of ketones is 1. The molecule has 0 fully saturated rings. The molecule has 0 aromatic carbocycles. The summed E-state index contributed by atoms with van der Waals surface area (Å²) in [5.74, 6) is -0.0599. The van der Waals surface area contributed by atoms with Gasteiger partial charge in [0.25, 0.3) is 0 Å². The number of halogens is 3. The maximum atomic E-state index is 10.9. The van der Waals surface area contributed by atoms with Crippen molar-refractivity contribution < 1.29 is 4.79 Å². The predicted molar refractivity (Wildman–Crippen MR) is 64.5 cm³/mol.